The van der Waals surface area contributed by atoms with Gasteiger partial charge in [0.05, 0.1) is 50.7 Å². The van der Waals surface area contributed by atoms with Crippen molar-refractivity contribution in [2.24, 2.45) is 11.5 Å². The number of carbonyl (C=O) groups is 4. The molecule has 4 amide bonds. The topological polar surface area (TPSA) is 181 Å². The molecule has 0 aliphatic heterocycles. The van der Waals surface area contributed by atoms with Gasteiger partial charge in [0.2, 0.25) is 0 Å². The summed E-state index contributed by atoms with van der Waals surface area (Å²) in [5, 5.41) is 5.92. The van der Waals surface area contributed by atoms with Gasteiger partial charge in [-0.05, 0) is 37.8 Å². The molecule has 12 nitrogen and oxygen atoms in total. The Kier molecular flexibility index (Phi) is 9.00. The molecule has 0 atom stereocenters. The second-order valence-electron chi connectivity index (χ2n) is 8.73. The third-order valence-corrected chi connectivity index (χ3v) is 6.46. The van der Waals surface area contributed by atoms with Crippen molar-refractivity contribution < 1.29 is 38.1 Å². The number of ether oxygens (including phenoxy) is 4. The molecule has 0 bridgehead atoms. The number of nitrogens with two attached hydrogens (primary N) is 2. The quantitative estimate of drug-likeness (QED) is 0.357. The normalized spacial score (nSPS) is 16.6. The molecule has 204 valence electrons. The van der Waals surface area contributed by atoms with Gasteiger partial charge < -0.3 is 41.0 Å². The number of hydrogen-bond donors (Lipinski definition) is 4. The van der Waals surface area contributed by atoms with E-state index in [9.17, 15) is 19.2 Å². The SMILES string of the molecule is COc1cc(OC)c(C(=O)N[C@H]2CC[C@H](NC(=O)c3cc(C(N)=O)c(OC)cc3OC)CC2)cc1C(N)=O. The van der Waals surface area contributed by atoms with Crippen molar-refractivity contribution in [1.82, 2.24) is 10.6 Å². The van der Waals surface area contributed by atoms with Crippen molar-refractivity contribution in [2.45, 2.75) is 37.8 Å². The van der Waals surface area contributed by atoms with E-state index >= 15 is 0 Å². The van der Waals surface area contributed by atoms with Crippen LogP contribution in [0.15, 0.2) is 24.3 Å². The standard InChI is InChI=1S/C26H32N4O8/c1-35-19-11-21(37-3)17(9-15(19)23(27)31)25(33)29-13-5-7-14(8-6-13)30-26(34)18-10-16(24(28)32)20(36-2)12-22(18)38-4/h9-14H,5-8H2,1-4H3,(H2,27,31)(H2,28,32)(H,29,33)(H,30,34)/t13-,14-. The second kappa shape index (κ2) is 12.2. The molecule has 1 saturated carbocycles. The van der Waals surface area contributed by atoms with E-state index < -0.39 is 23.6 Å². The summed E-state index contributed by atoms with van der Waals surface area (Å²) in [6.45, 7) is 0. The average molecular weight is 529 g/mol. The molecule has 2 aromatic carbocycles. The summed E-state index contributed by atoms with van der Waals surface area (Å²) in [4.78, 5) is 49.6. The molecule has 1 aliphatic rings. The lowest BCUT2D eigenvalue weighted by Gasteiger charge is -2.30. The van der Waals surface area contributed by atoms with Crippen molar-refractivity contribution in [2.75, 3.05) is 28.4 Å². The lowest BCUT2D eigenvalue weighted by atomic mass is 9.90. The van der Waals surface area contributed by atoms with E-state index in [4.69, 9.17) is 30.4 Å². The summed E-state index contributed by atoms with van der Waals surface area (Å²) in [7, 11) is 5.60. The van der Waals surface area contributed by atoms with Crippen LogP contribution in [0.25, 0.3) is 0 Å². The number of amides is 4. The molecule has 2 aromatic rings. The molecule has 12 heteroatoms. The summed E-state index contributed by atoms with van der Waals surface area (Å²) in [6.07, 6.45) is 2.41. The Morgan fingerprint density at radius 3 is 1.13 bits per heavy atom. The molecule has 0 heterocycles. The van der Waals surface area contributed by atoms with Gasteiger partial charge in [0, 0.05) is 24.2 Å². The summed E-state index contributed by atoms with van der Waals surface area (Å²) in [5.74, 6) is -1.39. The third kappa shape index (κ3) is 6.07. The van der Waals surface area contributed by atoms with Crippen LogP contribution in [-0.4, -0.2) is 64.2 Å². The van der Waals surface area contributed by atoms with Crippen LogP contribution in [0, 0.1) is 0 Å². The largest absolute Gasteiger partial charge is 0.496 e. The molecule has 3 rings (SSSR count). The van der Waals surface area contributed by atoms with Gasteiger partial charge in [-0.2, -0.15) is 0 Å². The fourth-order valence-electron chi connectivity index (χ4n) is 4.45. The zero-order chi connectivity index (χ0) is 28.0. The minimum atomic E-state index is -0.730. The molecule has 0 spiro atoms. The van der Waals surface area contributed by atoms with Gasteiger partial charge in [-0.3, -0.25) is 19.2 Å². The van der Waals surface area contributed by atoms with Crippen LogP contribution in [0.5, 0.6) is 23.0 Å². The highest BCUT2D eigenvalue weighted by Gasteiger charge is 2.28. The van der Waals surface area contributed by atoms with Crippen molar-refractivity contribution in [3.63, 3.8) is 0 Å². The summed E-state index contributed by atoms with van der Waals surface area (Å²) < 4.78 is 20.9. The zero-order valence-corrected chi connectivity index (χ0v) is 21.7. The lowest BCUT2D eigenvalue weighted by molar-refractivity contribution is 0.0888. The first-order valence-electron chi connectivity index (χ1n) is 11.9. The molecular formula is C26H32N4O8. The molecule has 38 heavy (non-hydrogen) atoms. The maximum Gasteiger partial charge on any atom is 0.255 e. The second-order valence-corrected chi connectivity index (χ2v) is 8.73. The van der Waals surface area contributed by atoms with Crippen LogP contribution in [-0.2, 0) is 0 Å². The van der Waals surface area contributed by atoms with Crippen LogP contribution < -0.4 is 41.0 Å². The lowest BCUT2D eigenvalue weighted by Crippen LogP contribution is -2.44. The first kappa shape index (κ1) is 28.1. The fourth-order valence-corrected chi connectivity index (χ4v) is 4.45. The van der Waals surface area contributed by atoms with E-state index in [0.29, 0.717) is 25.7 Å². The van der Waals surface area contributed by atoms with Crippen LogP contribution in [0.2, 0.25) is 0 Å². The van der Waals surface area contributed by atoms with E-state index in [1.807, 2.05) is 0 Å². The van der Waals surface area contributed by atoms with E-state index in [1.54, 1.807) is 0 Å². The Bertz CT molecular complexity index is 1140. The predicted octanol–water partition coefficient (Wildman–Crippen LogP) is 1.39. The van der Waals surface area contributed by atoms with Crippen molar-refractivity contribution >= 4 is 23.6 Å². The number of methoxy groups -OCH3 is 4. The zero-order valence-electron chi connectivity index (χ0n) is 21.7. The molecule has 0 saturated heterocycles. The van der Waals surface area contributed by atoms with Crippen molar-refractivity contribution in [3.8, 4) is 23.0 Å². The van der Waals surface area contributed by atoms with Gasteiger partial charge >= 0.3 is 0 Å². The summed E-state index contributed by atoms with van der Waals surface area (Å²) in [6, 6.07) is 5.28. The Labute approximate surface area is 219 Å². The van der Waals surface area contributed by atoms with Crippen molar-refractivity contribution in [3.05, 3.63) is 46.5 Å². The first-order valence-corrected chi connectivity index (χ1v) is 11.9. The Hall–Kier alpha value is -4.48. The maximum atomic E-state index is 13.0. The van der Waals surface area contributed by atoms with Crippen LogP contribution >= 0.6 is 0 Å². The third-order valence-electron chi connectivity index (χ3n) is 6.46. The average Bonchev–Trinajstić information content (AvgIpc) is 2.92. The molecular weight excluding hydrogens is 496 g/mol. The van der Waals surface area contributed by atoms with Gasteiger partial charge in [0.1, 0.15) is 23.0 Å². The Morgan fingerprint density at radius 2 is 0.868 bits per heavy atom. The number of primary amides is 2. The minimum absolute atomic E-state index is 0.0679. The predicted molar refractivity (Wildman–Crippen MR) is 137 cm³/mol. The number of rotatable bonds is 10. The molecule has 0 radical (unpaired) electrons. The fraction of sp³-hybridized carbons (Fsp3) is 0.385. The van der Waals surface area contributed by atoms with Gasteiger partial charge in [-0.15, -0.1) is 0 Å². The first-order chi connectivity index (χ1) is 18.1. The van der Waals surface area contributed by atoms with Gasteiger partial charge in [-0.1, -0.05) is 0 Å². The molecule has 1 aliphatic carbocycles. The number of nitrogens with one attached hydrogen (secondary N) is 2. The van der Waals surface area contributed by atoms with E-state index in [0.717, 1.165) is 0 Å². The van der Waals surface area contributed by atoms with Crippen molar-refractivity contribution in [1.29, 1.82) is 0 Å². The highest BCUT2D eigenvalue weighted by molar-refractivity contribution is 6.04. The summed E-state index contributed by atoms with van der Waals surface area (Å²) >= 11 is 0. The van der Waals surface area contributed by atoms with Gasteiger partial charge in [-0.25, -0.2) is 0 Å². The van der Waals surface area contributed by atoms with Crippen LogP contribution in [0.3, 0.4) is 0 Å². The molecule has 0 unspecified atom stereocenters. The number of carbonyl (C=O) groups excluding carboxylic acids is 4. The minimum Gasteiger partial charge on any atom is -0.496 e. The number of hydrogen-bond acceptors (Lipinski definition) is 8. The highest BCUT2D eigenvalue weighted by atomic mass is 16.5. The molecule has 0 aromatic heterocycles. The van der Waals surface area contributed by atoms with E-state index in [-0.39, 0.29) is 57.3 Å². The van der Waals surface area contributed by atoms with Crippen LogP contribution in [0.4, 0.5) is 0 Å². The molecule has 1 fully saturated rings. The van der Waals surface area contributed by atoms with Crippen LogP contribution in [0.1, 0.15) is 67.1 Å². The molecule has 6 N–H and O–H groups in total. The van der Waals surface area contributed by atoms with E-state index in [1.165, 1.54) is 52.7 Å². The summed E-state index contributed by atoms with van der Waals surface area (Å²) in [5.41, 5.74) is 11.3. The maximum absolute atomic E-state index is 13.0. The Morgan fingerprint density at radius 1 is 0.579 bits per heavy atom. The van der Waals surface area contributed by atoms with Gasteiger partial charge in [0.25, 0.3) is 23.6 Å². The smallest absolute Gasteiger partial charge is 0.255 e. The number of benzene rings is 2. The monoisotopic (exact) mass is 528 g/mol. The highest BCUT2D eigenvalue weighted by Crippen LogP contribution is 2.31. The van der Waals surface area contributed by atoms with E-state index in [2.05, 4.69) is 10.6 Å². The van der Waals surface area contributed by atoms with Gasteiger partial charge in [0.15, 0.2) is 0 Å². The Balaban J connectivity index is 1.66.